The SMILES string of the molecule is Cc1ccccc1NC(=O)C(C#N)=C1SC(Cc2c(Cl)cccc2Cl)C(=O)N1c1ccccc1C. The molecule has 1 aliphatic rings. The molecule has 3 aromatic carbocycles. The molecule has 5 nitrogen and oxygen atoms in total. The summed E-state index contributed by atoms with van der Waals surface area (Å²) >= 11 is 13.9. The molecule has 8 heteroatoms. The minimum atomic E-state index is -0.614. The quantitative estimate of drug-likeness (QED) is 0.300. The van der Waals surface area contributed by atoms with E-state index in [1.807, 2.05) is 50.2 Å². The number of nitrogens with one attached hydrogen (secondary N) is 1. The third-order valence-electron chi connectivity index (χ3n) is 5.71. The van der Waals surface area contributed by atoms with Crippen molar-refractivity contribution in [3.05, 3.63) is 104 Å². The van der Waals surface area contributed by atoms with Crippen molar-refractivity contribution < 1.29 is 9.59 Å². The van der Waals surface area contributed by atoms with E-state index in [-0.39, 0.29) is 22.9 Å². The largest absolute Gasteiger partial charge is 0.321 e. The van der Waals surface area contributed by atoms with Crippen LogP contribution in [-0.2, 0) is 16.0 Å². The number of hydrogen-bond acceptors (Lipinski definition) is 4. The highest BCUT2D eigenvalue weighted by Gasteiger charge is 2.41. The number of amides is 2. The van der Waals surface area contributed by atoms with E-state index in [2.05, 4.69) is 5.32 Å². The standard InChI is InChI=1S/C27H21Cl2N3O2S/c1-16-8-3-5-12-22(16)31-25(33)19(15-30)27-32(23-13-6-4-9-17(23)2)26(34)24(35-27)14-18-20(28)10-7-11-21(18)29/h3-13,24H,14H2,1-2H3,(H,31,33). The topological polar surface area (TPSA) is 73.2 Å². The Bertz CT molecular complexity index is 1380. The van der Waals surface area contributed by atoms with E-state index >= 15 is 0 Å². The minimum Gasteiger partial charge on any atom is -0.321 e. The molecular formula is C27H21Cl2N3O2S. The van der Waals surface area contributed by atoms with Crippen LogP contribution in [0.4, 0.5) is 11.4 Å². The number of rotatable bonds is 5. The van der Waals surface area contributed by atoms with E-state index in [9.17, 15) is 14.9 Å². The van der Waals surface area contributed by atoms with Crippen LogP contribution >= 0.6 is 35.0 Å². The summed E-state index contributed by atoms with van der Waals surface area (Å²) in [6, 6.07) is 21.9. The summed E-state index contributed by atoms with van der Waals surface area (Å²) in [5.41, 5.74) is 3.43. The molecule has 1 atom stereocenters. The van der Waals surface area contributed by atoms with Crippen molar-refractivity contribution in [2.45, 2.75) is 25.5 Å². The third kappa shape index (κ3) is 5.08. The molecule has 176 valence electrons. The Labute approximate surface area is 218 Å². The molecule has 1 fully saturated rings. The van der Waals surface area contributed by atoms with Gasteiger partial charge >= 0.3 is 0 Å². The Morgan fingerprint density at radius 2 is 1.63 bits per heavy atom. The van der Waals surface area contributed by atoms with Gasteiger partial charge in [0.25, 0.3) is 5.91 Å². The summed E-state index contributed by atoms with van der Waals surface area (Å²) in [6.07, 6.45) is 0.256. The summed E-state index contributed by atoms with van der Waals surface area (Å²) < 4.78 is 0. The van der Waals surface area contributed by atoms with Gasteiger partial charge in [-0.1, -0.05) is 77.4 Å². The highest BCUT2D eigenvalue weighted by Crippen LogP contribution is 2.44. The van der Waals surface area contributed by atoms with Crippen molar-refractivity contribution in [2.75, 3.05) is 10.2 Å². The van der Waals surface area contributed by atoms with Crippen LogP contribution in [0.5, 0.6) is 0 Å². The van der Waals surface area contributed by atoms with Gasteiger partial charge in [0, 0.05) is 15.7 Å². The highest BCUT2D eigenvalue weighted by molar-refractivity contribution is 8.05. The Kier molecular flexibility index (Phi) is 7.51. The molecule has 0 saturated carbocycles. The second-order valence-corrected chi connectivity index (χ2v) is 10.0. The van der Waals surface area contributed by atoms with Gasteiger partial charge in [0.15, 0.2) is 0 Å². The van der Waals surface area contributed by atoms with Crippen LogP contribution in [0, 0.1) is 25.2 Å². The van der Waals surface area contributed by atoms with Crippen molar-refractivity contribution in [2.24, 2.45) is 0 Å². The molecule has 1 aliphatic heterocycles. The van der Waals surface area contributed by atoms with Crippen LogP contribution in [0.15, 0.2) is 77.3 Å². The minimum absolute atomic E-state index is 0.136. The van der Waals surface area contributed by atoms with Gasteiger partial charge in [-0.05, 0) is 61.2 Å². The van der Waals surface area contributed by atoms with Crippen molar-refractivity contribution in [1.29, 1.82) is 5.26 Å². The summed E-state index contributed by atoms with van der Waals surface area (Å²) in [5, 5.41) is 13.4. The van der Waals surface area contributed by atoms with Crippen LogP contribution in [0.25, 0.3) is 0 Å². The molecule has 35 heavy (non-hydrogen) atoms. The molecule has 1 saturated heterocycles. The Balaban J connectivity index is 1.78. The molecule has 3 aromatic rings. The fraction of sp³-hybridized carbons (Fsp3) is 0.148. The van der Waals surface area contributed by atoms with Crippen molar-refractivity contribution >= 4 is 58.2 Å². The molecule has 0 aromatic heterocycles. The van der Waals surface area contributed by atoms with Gasteiger partial charge in [0.1, 0.15) is 16.7 Å². The fourth-order valence-electron chi connectivity index (χ4n) is 3.83. The fourth-order valence-corrected chi connectivity index (χ4v) is 5.66. The lowest BCUT2D eigenvalue weighted by Gasteiger charge is -2.21. The number of hydrogen-bond donors (Lipinski definition) is 1. The first-order valence-electron chi connectivity index (χ1n) is 10.8. The summed E-state index contributed by atoms with van der Waals surface area (Å²) in [4.78, 5) is 28.4. The van der Waals surface area contributed by atoms with Crippen LogP contribution in [-0.4, -0.2) is 17.1 Å². The van der Waals surface area contributed by atoms with Crippen LogP contribution in [0.1, 0.15) is 16.7 Å². The van der Waals surface area contributed by atoms with Gasteiger partial charge in [-0.3, -0.25) is 14.5 Å². The number of nitrogens with zero attached hydrogens (tertiary/aromatic N) is 2. The number of benzene rings is 3. The molecule has 0 radical (unpaired) electrons. The zero-order chi connectivity index (χ0) is 25.1. The van der Waals surface area contributed by atoms with E-state index in [0.29, 0.717) is 27.0 Å². The van der Waals surface area contributed by atoms with Crippen LogP contribution < -0.4 is 10.2 Å². The average Bonchev–Trinajstić information content (AvgIpc) is 3.14. The number of thioether (sulfide) groups is 1. The van der Waals surface area contributed by atoms with E-state index < -0.39 is 11.2 Å². The second-order valence-electron chi connectivity index (χ2n) is 8.03. The van der Waals surface area contributed by atoms with Crippen molar-refractivity contribution in [3.63, 3.8) is 0 Å². The monoisotopic (exact) mass is 521 g/mol. The number of nitriles is 1. The molecule has 4 rings (SSSR count). The molecule has 0 aliphatic carbocycles. The lowest BCUT2D eigenvalue weighted by molar-refractivity contribution is -0.117. The van der Waals surface area contributed by atoms with Crippen molar-refractivity contribution in [1.82, 2.24) is 0 Å². The summed E-state index contributed by atoms with van der Waals surface area (Å²) in [6.45, 7) is 3.74. The molecular weight excluding hydrogens is 501 g/mol. The number of carbonyl (C=O) groups is 2. The number of halogens is 2. The van der Waals surface area contributed by atoms with Gasteiger partial charge in [-0.15, -0.1) is 0 Å². The Morgan fingerprint density at radius 3 is 2.26 bits per heavy atom. The lowest BCUT2D eigenvalue weighted by atomic mass is 10.1. The number of carbonyl (C=O) groups excluding carboxylic acids is 2. The molecule has 2 amide bonds. The first-order chi connectivity index (χ1) is 16.8. The number of aryl methyl sites for hydroxylation is 2. The molecule has 1 heterocycles. The van der Waals surface area contributed by atoms with Crippen LogP contribution in [0.3, 0.4) is 0 Å². The number of anilines is 2. The smallest absolute Gasteiger partial charge is 0.269 e. The van der Waals surface area contributed by atoms with E-state index in [0.717, 1.165) is 11.1 Å². The predicted octanol–water partition coefficient (Wildman–Crippen LogP) is 6.68. The van der Waals surface area contributed by atoms with Gasteiger partial charge in [0.2, 0.25) is 5.91 Å². The molecule has 1 N–H and O–H groups in total. The summed E-state index contributed by atoms with van der Waals surface area (Å²) in [7, 11) is 0. The Hall–Kier alpha value is -3.24. The van der Waals surface area contributed by atoms with Gasteiger partial charge < -0.3 is 5.32 Å². The zero-order valence-electron chi connectivity index (χ0n) is 19.0. The lowest BCUT2D eigenvalue weighted by Crippen LogP contribution is -2.31. The zero-order valence-corrected chi connectivity index (χ0v) is 21.3. The first-order valence-corrected chi connectivity index (χ1v) is 12.5. The first kappa shape index (κ1) is 24.9. The van der Waals surface area contributed by atoms with Crippen molar-refractivity contribution in [3.8, 4) is 6.07 Å². The maximum Gasteiger partial charge on any atom is 0.269 e. The molecule has 0 spiro atoms. The van der Waals surface area contributed by atoms with E-state index in [1.54, 1.807) is 36.4 Å². The van der Waals surface area contributed by atoms with E-state index in [1.165, 1.54) is 16.7 Å². The second kappa shape index (κ2) is 10.6. The van der Waals surface area contributed by atoms with Gasteiger partial charge in [-0.2, -0.15) is 5.26 Å². The van der Waals surface area contributed by atoms with Gasteiger partial charge in [-0.25, -0.2) is 0 Å². The predicted molar refractivity (Wildman–Crippen MR) is 143 cm³/mol. The highest BCUT2D eigenvalue weighted by atomic mass is 35.5. The molecule has 0 bridgehead atoms. The Morgan fingerprint density at radius 1 is 1.00 bits per heavy atom. The van der Waals surface area contributed by atoms with Crippen LogP contribution in [0.2, 0.25) is 10.0 Å². The number of para-hydroxylation sites is 2. The normalized spacial score (nSPS) is 16.7. The average molecular weight is 522 g/mol. The third-order valence-corrected chi connectivity index (χ3v) is 7.68. The maximum atomic E-state index is 13.7. The van der Waals surface area contributed by atoms with E-state index in [4.69, 9.17) is 23.2 Å². The summed E-state index contributed by atoms with van der Waals surface area (Å²) in [5.74, 6) is -0.821. The maximum absolute atomic E-state index is 13.7. The van der Waals surface area contributed by atoms with Gasteiger partial charge in [0.05, 0.1) is 10.9 Å². The molecule has 1 unspecified atom stereocenters.